The molecule has 0 aromatic carbocycles. The van der Waals surface area contributed by atoms with E-state index >= 15 is 0 Å². The van der Waals surface area contributed by atoms with Crippen molar-refractivity contribution < 1.29 is 19.8 Å². The van der Waals surface area contributed by atoms with Gasteiger partial charge in [-0.25, -0.2) is 0 Å². The molecular weight excluding hydrogens is 448 g/mol. The smallest absolute Gasteiger partial charge is 0.306 e. The third-order valence-corrected chi connectivity index (χ3v) is 10.9. The lowest BCUT2D eigenvalue weighted by atomic mass is 9.49. The molecule has 0 unspecified atom stereocenters. The molecule has 0 aromatic rings. The van der Waals surface area contributed by atoms with E-state index in [1.807, 2.05) is 13.8 Å². The summed E-state index contributed by atoms with van der Waals surface area (Å²) in [6.45, 7) is 25.3. The molecule has 1 saturated carbocycles. The topological polar surface area (TPSA) is 74.6 Å². The number of ketones is 1. The van der Waals surface area contributed by atoms with Crippen molar-refractivity contribution in [2.45, 2.75) is 114 Å². The third kappa shape index (κ3) is 4.79. The van der Waals surface area contributed by atoms with Gasteiger partial charge in [0.25, 0.3) is 0 Å². The maximum absolute atomic E-state index is 12.9. The second-order valence-electron chi connectivity index (χ2n) is 13.1. The number of aliphatic hydroxyl groups excluding tert-OH is 1. The summed E-state index contributed by atoms with van der Waals surface area (Å²) in [6.07, 6.45) is 7.60. The number of carboxylic acids is 1. The van der Waals surface area contributed by atoms with Gasteiger partial charge in [-0.3, -0.25) is 9.59 Å². The first-order chi connectivity index (χ1) is 16.5. The molecule has 6 atom stereocenters. The fourth-order valence-electron chi connectivity index (χ4n) is 7.69. The maximum atomic E-state index is 12.9. The Hall–Kier alpha value is -1.68. The Balaban J connectivity index is 2.58. The van der Waals surface area contributed by atoms with Gasteiger partial charge >= 0.3 is 5.97 Å². The predicted octanol–water partition coefficient (Wildman–Crippen LogP) is 7.77. The minimum atomic E-state index is -0.820. The highest BCUT2D eigenvalue weighted by molar-refractivity contribution is 5.84. The largest absolute Gasteiger partial charge is 0.481 e. The average Bonchev–Trinajstić information content (AvgIpc) is 3.01. The standard InChI is InChI=1S/C32H52O4/c1-12-20(4)15-16-22(28(35)36)27-25(33)19-32(11)23(13-2)24(17-18-31(27,32)10)29(6,7)21(5)30(8,9)26(34)14-3/h13,17,21-22,25,27,33H,4,12,14-16,18-19H2,1-3,5-11H3,(H,35,36)/b23-13+/t21-,22-,25-,27+,31-,32+/m1/s1. The Kier molecular flexibility index (Phi) is 8.99. The molecule has 0 radical (unpaired) electrons. The van der Waals surface area contributed by atoms with Crippen LogP contribution in [0.4, 0.5) is 0 Å². The van der Waals surface area contributed by atoms with E-state index in [2.05, 4.69) is 74.1 Å². The summed E-state index contributed by atoms with van der Waals surface area (Å²) >= 11 is 0. The molecule has 0 amide bonds. The SMILES string of the molecule is C=C(CC)CC[C@@H](C(=O)O)[C@H]1[C@H](O)C[C@@]2(C)/C(=C/C)C(C(C)(C)[C@@H](C)C(C)(C)C(=O)CC)=CC[C@]12C. The molecule has 4 nitrogen and oxygen atoms in total. The number of allylic oxidation sites excluding steroid dienone is 5. The normalized spacial score (nSPS) is 31.5. The molecule has 2 aliphatic carbocycles. The van der Waals surface area contributed by atoms with E-state index in [0.29, 0.717) is 32.1 Å². The van der Waals surface area contributed by atoms with Crippen molar-refractivity contribution in [1.82, 2.24) is 0 Å². The summed E-state index contributed by atoms with van der Waals surface area (Å²) in [6, 6.07) is 0. The van der Waals surface area contributed by atoms with E-state index in [4.69, 9.17) is 0 Å². The molecule has 0 spiro atoms. The zero-order valence-electron chi connectivity index (χ0n) is 24.6. The number of aliphatic carboxylic acids is 1. The first-order valence-corrected chi connectivity index (χ1v) is 14.0. The van der Waals surface area contributed by atoms with Gasteiger partial charge in [0.1, 0.15) is 5.78 Å². The zero-order chi connectivity index (χ0) is 27.9. The van der Waals surface area contributed by atoms with Crippen LogP contribution < -0.4 is 0 Å². The summed E-state index contributed by atoms with van der Waals surface area (Å²) in [5.41, 5.74) is 2.03. The van der Waals surface area contributed by atoms with Crippen molar-refractivity contribution in [3.8, 4) is 0 Å². The van der Waals surface area contributed by atoms with Crippen molar-refractivity contribution >= 4 is 11.8 Å². The quantitative estimate of drug-likeness (QED) is 0.284. The second-order valence-corrected chi connectivity index (χ2v) is 13.1. The van der Waals surface area contributed by atoms with Gasteiger partial charge in [0.15, 0.2) is 0 Å². The first-order valence-electron chi connectivity index (χ1n) is 14.0. The number of hydrogen-bond acceptors (Lipinski definition) is 3. The Labute approximate surface area is 220 Å². The monoisotopic (exact) mass is 500 g/mol. The van der Waals surface area contributed by atoms with E-state index < -0.39 is 23.4 Å². The predicted molar refractivity (Wildman–Crippen MR) is 149 cm³/mol. The number of aliphatic hydroxyl groups is 1. The first kappa shape index (κ1) is 30.5. The molecule has 0 aliphatic heterocycles. The molecule has 204 valence electrons. The van der Waals surface area contributed by atoms with Crippen LogP contribution in [0, 0.1) is 39.4 Å². The van der Waals surface area contributed by atoms with Crippen LogP contribution in [-0.4, -0.2) is 28.1 Å². The van der Waals surface area contributed by atoms with Gasteiger partial charge in [-0.15, -0.1) is 0 Å². The molecular formula is C32H52O4. The molecule has 2 N–H and O–H groups in total. The van der Waals surface area contributed by atoms with Gasteiger partial charge in [0.05, 0.1) is 12.0 Å². The lowest BCUT2D eigenvalue weighted by Crippen LogP contribution is -2.48. The Bertz CT molecular complexity index is 936. The van der Waals surface area contributed by atoms with Gasteiger partial charge in [-0.2, -0.15) is 0 Å². The molecule has 0 aromatic heterocycles. The van der Waals surface area contributed by atoms with Gasteiger partial charge in [-0.05, 0) is 66.9 Å². The van der Waals surface area contributed by atoms with Crippen molar-refractivity contribution in [2.75, 3.05) is 0 Å². The van der Waals surface area contributed by atoms with Gasteiger partial charge in [0, 0.05) is 23.2 Å². The van der Waals surface area contributed by atoms with Crippen LogP contribution in [-0.2, 0) is 9.59 Å². The summed E-state index contributed by atoms with van der Waals surface area (Å²) < 4.78 is 0. The molecule has 36 heavy (non-hydrogen) atoms. The number of hydrogen-bond donors (Lipinski definition) is 2. The van der Waals surface area contributed by atoms with Crippen molar-refractivity contribution in [3.05, 3.63) is 35.5 Å². The van der Waals surface area contributed by atoms with Crippen LogP contribution in [0.3, 0.4) is 0 Å². The molecule has 2 rings (SSSR count). The number of carboxylic acid groups (broad SMARTS) is 1. The summed E-state index contributed by atoms with van der Waals surface area (Å²) in [5, 5.41) is 21.7. The Morgan fingerprint density at radius 1 is 1.19 bits per heavy atom. The highest BCUT2D eigenvalue weighted by Gasteiger charge is 2.64. The Morgan fingerprint density at radius 2 is 1.78 bits per heavy atom. The Morgan fingerprint density at radius 3 is 2.25 bits per heavy atom. The molecule has 4 heteroatoms. The van der Waals surface area contributed by atoms with Crippen molar-refractivity contribution in [2.24, 2.45) is 39.4 Å². The highest BCUT2D eigenvalue weighted by Crippen LogP contribution is 2.69. The van der Waals surface area contributed by atoms with Gasteiger partial charge < -0.3 is 10.2 Å². The highest BCUT2D eigenvalue weighted by atomic mass is 16.4. The third-order valence-electron chi connectivity index (χ3n) is 10.9. The number of carbonyl (C=O) groups is 2. The second kappa shape index (κ2) is 10.6. The van der Waals surface area contributed by atoms with E-state index in [9.17, 15) is 19.8 Å². The molecule has 0 saturated heterocycles. The van der Waals surface area contributed by atoms with Crippen LogP contribution in [0.1, 0.15) is 108 Å². The summed E-state index contributed by atoms with van der Waals surface area (Å²) in [4.78, 5) is 25.4. The van der Waals surface area contributed by atoms with E-state index in [1.54, 1.807) is 0 Å². The van der Waals surface area contributed by atoms with Gasteiger partial charge in [-0.1, -0.05) is 86.6 Å². The molecule has 0 bridgehead atoms. The van der Waals surface area contributed by atoms with Crippen LogP contribution in [0.5, 0.6) is 0 Å². The maximum Gasteiger partial charge on any atom is 0.306 e. The van der Waals surface area contributed by atoms with Crippen molar-refractivity contribution in [1.29, 1.82) is 0 Å². The van der Waals surface area contributed by atoms with E-state index in [0.717, 1.165) is 12.0 Å². The number of fused-ring (bicyclic) bond motifs is 1. The van der Waals surface area contributed by atoms with Crippen LogP contribution in [0.25, 0.3) is 0 Å². The molecule has 2 aliphatic rings. The fraction of sp³-hybridized carbons (Fsp3) is 0.750. The number of carbonyl (C=O) groups excluding carboxylic acids is 1. The van der Waals surface area contributed by atoms with E-state index in [-0.39, 0.29) is 33.9 Å². The van der Waals surface area contributed by atoms with Crippen LogP contribution in [0.2, 0.25) is 0 Å². The molecule has 1 fully saturated rings. The van der Waals surface area contributed by atoms with Crippen molar-refractivity contribution in [3.63, 3.8) is 0 Å². The zero-order valence-corrected chi connectivity index (χ0v) is 24.6. The van der Waals surface area contributed by atoms with Crippen LogP contribution in [0.15, 0.2) is 35.5 Å². The molecule has 0 heterocycles. The summed E-state index contributed by atoms with van der Waals surface area (Å²) in [5.74, 6) is -1.40. The lowest BCUT2D eigenvalue weighted by Gasteiger charge is -2.54. The average molecular weight is 501 g/mol. The van der Waals surface area contributed by atoms with E-state index in [1.165, 1.54) is 11.1 Å². The number of rotatable bonds is 11. The minimum Gasteiger partial charge on any atom is -0.481 e. The summed E-state index contributed by atoms with van der Waals surface area (Å²) in [7, 11) is 0. The minimum absolute atomic E-state index is 0.0977. The number of Topliss-reactive ketones (excluding diaryl/α,β-unsaturated/α-hetero) is 1. The fourth-order valence-corrected chi connectivity index (χ4v) is 7.69. The van der Waals surface area contributed by atoms with Crippen LogP contribution >= 0.6 is 0 Å². The van der Waals surface area contributed by atoms with Gasteiger partial charge in [0.2, 0.25) is 0 Å². The lowest BCUT2D eigenvalue weighted by molar-refractivity contribution is -0.148.